The summed E-state index contributed by atoms with van der Waals surface area (Å²) in [4.78, 5) is 14.8. The van der Waals surface area contributed by atoms with Crippen LogP contribution in [0.15, 0.2) is 71.7 Å². The van der Waals surface area contributed by atoms with E-state index in [9.17, 15) is 4.79 Å². The smallest absolute Gasteiger partial charge is 0.239 e. The van der Waals surface area contributed by atoms with Crippen LogP contribution in [-0.4, -0.2) is 27.8 Å². The Morgan fingerprint density at radius 3 is 3.00 bits per heavy atom. The number of rotatable bonds is 7. The summed E-state index contributed by atoms with van der Waals surface area (Å²) < 4.78 is -0.127. The van der Waals surface area contributed by atoms with Crippen molar-refractivity contribution in [3.05, 3.63) is 71.7 Å². The predicted octanol–water partition coefficient (Wildman–Crippen LogP) is 5.20. The Labute approximate surface area is 171 Å². The van der Waals surface area contributed by atoms with E-state index in [4.69, 9.17) is 0 Å². The summed E-state index contributed by atoms with van der Waals surface area (Å²) in [5.74, 6) is 0.0100. The number of hydrogen-bond acceptors (Lipinski definition) is 2. The molecule has 1 aliphatic carbocycles. The quantitative estimate of drug-likeness (QED) is 0.319. The highest BCUT2D eigenvalue weighted by atomic mass is 127. The second-order valence-corrected chi connectivity index (χ2v) is 8.09. The van der Waals surface area contributed by atoms with Gasteiger partial charge in [-0.25, -0.2) is 0 Å². The lowest BCUT2D eigenvalue weighted by molar-refractivity contribution is -0.119. The predicted molar refractivity (Wildman–Crippen MR) is 119 cm³/mol. The molecule has 0 aromatic rings. The fourth-order valence-corrected chi connectivity index (χ4v) is 3.80. The molecule has 0 spiro atoms. The van der Waals surface area contributed by atoms with Crippen LogP contribution in [0, 0.1) is 0 Å². The van der Waals surface area contributed by atoms with Crippen molar-refractivity contribution in [3.63, 3.8) is 0 Å². The molecule has 1 amide bonds. The van der Waals surface area contributed by atoms with E-state index >= 15 is 0 Å². The molecule has 26 heavy (non-hydrogen) atoms. The van der Waals surface area contributed by atoms with Crippen LogP contribution in [0.3, 0.4) is 0 Å². The normalized spacial score (nSPS) is 18.7. The number of alkyl halides is 1. The maximum atomic E-state index is 12.5. The number of carbonyl (C=O) groups excluding carboxylic acids is 1. The van der Waals surface area contributed by atoms with Crippen LogP contribution < -0.4 is 5.32 Å². The molecule has 2 aliphatic rings. The molecule has 140 valence electrons. The number of hydrogen-bond donors (Lipinski definition) is 1. The molecular weight excluding hydrogens is 435 g/mol. The number of halogens is 1. The minimum Gasteiger partial charge on any atom is -0.370 e. The van der Waals surface area contributed by atoms with E-state index in [0.717, 1.165) is 38.8 Å². The number of carbonyl (C=O) groups is 1. The Bertz CT molecular complexity index is 682. The number of nitrogens with zero attached hydrogens (tertiary/aromatic N) is 1. The van der Waals surface area contributed by atoms with Gasteiger partial charge in [0.05, 0.1) is 0 Å². The maximum absolute atomic E-state index is 12.5. The molecule has 0 aromatic carbocycles. The fourth-order valence-electron chi connectivity index (χ4n) is 3.17. The van der Waals surface area contributed by atoms with Gasteiger partial charge in [0.15, 0.2) is 0 Å². The van der Waals surface area contributed by atoms with E-state index in [1.54, 1.807) is 0 Å². The van der Waals surface area contributed by atoms with Gasteiger partial charge in [0.25, 0.3) is 0 Å². The van der Waals surface area contributed by atoms with Gasteiger partial charge in [0, 0.05) is 24.5 Å². The van der Waals surface area contributed by atoms with Gasteiger partial charge in [-0.2, -0.15) is 0 Å². The summed E-state index contributed by atoms with van der Waals surface area (Å²) in [6.45, 7) is 9.79. The van der Waals surface area contributed by atoms with Crippen molar-refractivity contribution in [1.29, 1.82) is 0 Å². The first-order valence-electron chi connectivity index (χ1n) is 9.32. The van der Waals surface area contributed by atoms with Crippen molar-refractivity contribution in [2.45, 2.75) is 43.5 Å². The average molecular weight is 464 g/mol. The van der Waals surface area contributed by atoms with Crippen LogP contribution in [0.1, 0.15) is 39.5 Å². The average Bonchev–Trinajstić information content (AvgIpc) is 2.84. The monoisotopic (exact) mass is 464 g/mol. The molecule has 1 atom stereocenters. The molecule has 0 saturated heterocycles. The Morgan fingerprint density at radius 2 is 2.27 bits per heavy atom. The molecule has 1 heterocycles. The summed E-state index contributed by atoms with van der Waals surface area (Å²) in [5, 5.41) is 2.89. The molecule has 0 saturated carbocycles. The Balaban J connectivity index is 2.01. The van der Waals surface area contributed by atoms with Crippen molar-refractivity contribution < 1.29 is 4.79 Å². The van der Waals surface area contributed by atoms with Gasteiger partial charge in [-0.15, -0.1) is 0 Å². The van der Waals surface area contributed by atoms with Gasteiger partial charge in [-0.1, -0.05) is 72.0 Å². The zero-order valence-corrected chi connectivity index (χ0v) is 18.0. The molecule has 0 radical (unpaired) electrons. The van der Waals surface area contributed by atoms with Gasteiger partial charge >= 0.3 is 0 Å². The molecule has 0 aromatic heterocycles. The zero-order chi connectivity index (χ0) is 18.9. The Hall–Kier alpha value is -1.56. The van der Waals surface area contributed by atoms with Gasteiger partial charge in [0.2, 0.25) is 5.91 Å². The molecule has 1 N–H and O–H groups in total. The van der Waals surface area contributed by atoms with Gasteiger partial charge in [-0.3, -0.25) is 4.79 Å². The highest BCUT2D eigenvalue weighted by Crippen LogP contribution is 2.29. The molecule has 3 nitrogen and oxygen atoms in total. The molecule has 0 fully saturated rings. The van der Waals surface area contributed by atoms with Crippen molar-refractivity contribution in [3.8, 4) is 0 Å². The summed E-state index contributed by atoms with van der Waals surface area (Å²) in [6.07, 6.45) is 18.8. The molecule has 2 rings (SSSR count). The Morgan fingerprint density at radius 1 is 1.46 bits per heavy atom. The first-order valence-corrected chi connectivity index (χ1v) is 10.6. The van der Waals surface area contributed by atoms with E-state index in [1.807, 2.05) is 31.2 Å². The second-order valence-electron chi connectivity index (χ2n) is 6.59. The summed E-state index contributed by atoms with van der Waals surface area (Å²) >= 11 is 2.24. The third-order valence-electron chi connectivity index (χ3n) is 4.58. The second kappa shape index (κ2) is 10.6. The van der Waals surface area contributed by atoms with Crippen LogP contribution in [-0.2, 0) is 4.79 Å². The van der Waals surface area contributed by atoms with Gasteiger partial charge in [-0.05, 0) is 50.3 Å². The minimum absolute atomic E-state index is 0.0100. The highest BCUT2D eigenvalue weighted by molar-refractivity contribution is 14.1. The van der Waals surface area contributed by atoms with Crippen LogP contribution in [0.5, 0.6) is 0 Å². The lowest BCUT2D eigenvalue weighted by Crippen LogP contribution is -2.40. The first-order chi connectivity index (χ1) is 12.5. The number of allylic oxidation sites excluding steroid dienone is 9. The van der Waals surface area contributed by atoms with E-state index in [2.05, 4.69) is 64.5 Å². The largest absolute Gasteiger partial charge is 0.370 e. The van der Waals surface area contributed by atoms with E-state index in [-0.39, 0.29) is 9.83 Å². The van der Waals surface area contributed by atoms with E-state index in [1.165, 1.54) is 16.8 Å². The van der Waals surface area contributed by atoms with E-state index < -0.39 is 0 Å². The van der Waals surface area contributed by atoms with Gasteiger partial charge < -0.3 is 10.2 Å². The number of amides is 1. The molecule has 0 bridgehead atoms. The van der Waals surface area contributed by atoms with Crippen molar-refractivity contribution in [2.24, 2.45) is 0 Å². The highest BCUT2D eigenvalue weighted by Gasteiger charge is 2.24. The third-order valence-corrected chi connectivity index (χ3v) is 5.54. The van der Waals surface area contributed by atoms with Crippen LogP contribution in [0.25, 0.3) is 0 Å². The van der Waals surface area contributed by atoms with E-state index in [0.29, 0.717) is 5.70 Å². The van der Waals surface area contributed by atoms with Crippen molar-refractivity contribution in [2.75, 3.05) is 13.1 Å². The lowest BCUT2D eigenvalue weighted by Gasteiger charge is -2.33. The summed E-state index contributed by atoms with van der Waals surface area (Å²) in [5.41, 5.74) is 4.82. The van der Waals surface area contributed by atoms with Crippen molar-refractivity contribution >= 4 is 28.5 Å². The topological polar surface area (TPSA) is 32.3 Å². The van der Waals surface area contributed by atoms with Crippen molar-refractivity contribution in [1.82, 2.24) is 10.2 Å². The molecular formula is C22H29IN2O. The molecule has 0 unspecified atom stereocenters. The maximum Gasteiger partial charge on any atom is 0.239 e. The first kappa shape index (κ1) is 20.7. The SMILES string of the molecule is C=C(/C=C\C=C/C)NC(=O)[C@H](I)CN1CCCC2=C1C=CCC(CC)=C2. The summed E-state index contributed by atoms with van der Waals surface area (Å²) in [6, 6.07) is 0. The lowest BCUT2D eigenvalue weighted by atomic mass is 9.99. The van der Waals surface area contributed by atoms with Gasteiger partial charge in [0.1, 0.15) is 3.92 Å². The van der Waals surface area contributed by atoms with Crippen LogP contribution >= 0.6 is 22.6 Å². The standard InChI is InChI=1S/C22H29IN2O/c1-4-6-7-10-17(3)24-22(26)20(23)16-25-14-9-12-19-15-18(5-2)11-8-13-21(19)25/h4,6-8,10,13,15,20H,3,5,9,11-12,14,16H2,1-2H3,(H,24,26)/b6-4-,10-7-/t20-/m1/s1. The van der Waals surface area contributed by atoms with Crippen LogP contribution in [0.2, 0.25) is 0 Å². The third kappa shape index (κ3) is 6.01. The zero-order valence-electron chi connectivity index (χ0n) is 15.8. The number of nitrogens with one attached hydrogen (secondary N) is 1. The molecule has 4 heteroatoms. The Kier molecular flexibility index (Phi) is 8.42. The minimum atomic E-state index is -0.127. The fraction of sp³-hybridized carbons (Fsp3) is 0.409. The van der Waals surface area contributed by atoms with Crippen LogP contribution in [0.4, 0.5) is 0 Å². The molecule has 1 aliphatic heterocycles. The summed E-state index contributed by atoms with van der Waals surface area (Å²) in [7, 11) is 0.